The molecule has 1 amide bonds. The van der Waals surface area contributed by atoms with Crippen LogP contribution in [0.1, 0.15) is 35.3 Å². The van der Waals surface area contributed by atoms with Crippen LogP contribution in [0, 0.1) is 13.8 Å². The zero-order valence-corrected chi connectivity index (χ0v) is 19.5. The van der Waals surface area contributed by atoms with Crippen molar-refractivity contribution < 1.29 is 4.79 Å². The van der Waals surface area contributed by atoms with Gasteiger partial charge in [0.1, 0.15) is 0 Å². The first-order valence-corrected chi connectivity index (χ1v) is 11.7. The van der Waals surface area contributed by atoms with Crippen molar-refractivity contribution in [1.29, 1.82) is 0 Å². The molecule has 0 unspecified atom stereocenters. The summed E-state index contributed by atoms with van der Waals surface area (Å²) in [4.78, 5) is 23.0. The molecule has 4 aromatic rings. The van der Waals surface area contributed by atoms with Crippen LogP contribution in [0.25, 0.3) is 21.0 Å². The lowest BCUT2D eigenvalue weighted by Crippen LogP contribution is -2.39. The number of aromatic nitrogens is 1. The minimum absolute atomic E-state index is 0.0115. The monoisotopic (exact) mass is 431 g/mol. The van der Waals surface area contributed by atoms with E-state index in [1.807, 2.05) is 35.2 Å². The molecule has 31 heavy (non-hydrogen) atoms. The Bertz CT molecular complexity index is 1220. The Kier molecular flexibility index (Phi) is 6.35. The molecule has 1 aromatic heterocycles. The van der Waals surface area contributed by atoms with E-state index in [9.17, 15) is 4.79 Å². The lowest BCUT2D eigenvalue weighted by atomic mass is 10.0. The lowest BCUT2D eigenvalue weighted by molar-refractivity contribution is 0.0985. The zero-order chi connectivity index (χ0) is 22.0. The molecule has 0 saturated carbocycles. The predicted octanol–water partition coefficient (Wildman–Crippen LogP) is 6.05. The van der Waals surface area contributed by atoms with Crippen molar-refractivity contribution in [2.24, 2.45) is 0 Å². The summed E-state index contributed by atoms with van der Waals surface area (Å²) in [6.45, 7) is 11.9. The van der Waals surface area contributed by atoms with Crippen molar-refractivity contribution in [3.8, 4) is 0 Å². The predicted molar refractivity (Wildman–Crippen MR) is 133 cm³/mol. The van der Waals surface area contributed by atoms with Gasteiger partial charge >= 0.3 is 0 Å². The fourth-order valence-corrected chi connectivity index (χ4v) is 5.14. The summed E-state index contributed by atoms with van der Waals surface area (Å²) < 4.78 is 1.15. The van der Waals surface area contributed by atoms with E-state index in [0.29, 0.717) is 6.54 Å². The summed E-state index contributed by atoms with van der Waals surface area (Å²) in [7, 11) is 0. The number of rotatable bonds is 7. The maximum absolute atomic E-state index is 13.9. The maximum atomic E-state index is 13.9. The average Bonchev–Trinajstić information content (AvgIpc) is 3.20. The Morgan fingerprint density at radius 3 is 2.48 bits per heavy atom. The van der Waals surface area contributed by atoms with Crippen LogP contribution in [0.3, 0.4) is 0 Å². The summed E-state index contributed by atoms with van der Waals surface area (Å²) in [6.07, 6.45) is 0. The first-order valence-electron chi connectivity index (χ1n) is 10.9. The number of benzene rings is 3. The van der Waals surface area contributed by atoms with Gasteiger partial charge in [0.15, 0.2) is 5.13 Å². The Morgan fingerprint density at radius 1 is 0.968 bits per heavy atom. The highest BCUT2D eigenvalue weighted by molar-refractivity contribution is 7.22. The van der Waals surface area contributed by atoms with Crippen LogP contribution in [0.4, 0.5) is 5.13 Å². The van der Waals surface area contributed by atoms with Crippen LogP contribution < -0.4 is 4.90 Å². The summed E-state index contributed by atoms with van der Waals surface area (Å²) >= 11 is 1.61. The van der Waals surface area contributed by atoms with Crippen molar-refractivity contribution >= 4 is 43.4 Å². The summed E-state index contributed by atoms with van der Waals surface area (Å²) in [5, 5.41) is 2.83. The van der Waals surface area contributed by atoms with Crippen molar-refractivity contribution in [3.63, 3.8) is 0 Å². The number of likely N-dealkylation sites (N-methyl/N-ethyl adjacent to an activating group) is 1. The SMILES string of the molecule is CCN(CC)CCN(C(=O)c1cccc2ccccc12)c1nc2cc(C)cc(C)c2s1. The summed E-state index contributed by atoms with van der Waals surface area (Å²) in [5.74, 6) is 0.0115. The Hall–Kier alpha value is -2.76. The molecular weight excluding hydrogens is 402 g/mol. The highest BCUT2D eigenvalue weighted by Crippen LogP contribution is 2.33. The number of anilines is 1. The molecule has 4 rings (SSSR count). The van der Waals surface area contributed by atoms with E-state index in [-0.39, 0.29) is 5.91 Å². The first kappa shape index (κ1) is 21.5. The molecule has 0 aliphatic heterocycles. The lowest BCUT2D eigenvalue weighted by Gasteiger charge is -2.25. The normalized spacial score (nSPS) is 11.5. The molecule has 0 aliphatic carbocycles. The topological polar surface area (TPSA) is 36.4 Å². The highest BCUT2D eigenvalue weighted by Gasteiger charge is 2.23. The molecule has 1 heterocycles. The van der Waals surface area contributed by atoms with Gasteiger partial charge in [0.2, 0.25) is 0 Å². The van der Waals surface area contributed by atoms with Gasteiger partial charge in [-0.3, -0.25) is 9.69 Å². The number of carbonyl (C=O) groups is 1. The van der Waals surface area contributed by atoms with Crippen LogP contribution in [0.5, 0.6) is 0 Å². The molecule has 0 radical (unpaired) electrons. The number of hydrogen-bond donors (Lipinski definition) is 0. The van der Waals surface area contributed by atoms with Crippen molar-refractivity contribution in [2.45, 2.75) is 27.7 Å². The number of nitrogens with zero attached hydrogens (tertiary/aromatic N) is 3. The van der Waals surface area contributed by atoms with Crippen molar-refractivity contribution in [2.75, 3.05) is 31.1 Å². The minimum atomic E-state index is 0.0115. The highest BCUT2D eigenvalue weighted by atomic mass is 32.1. The molecule has 160 valence electrons. The van der Waals surface area contributed by atoms with Gasteiger partial charge in [-0.15, -0.1) is 0 Å². The Balaban J connectivity index is 1.79. The molecule has 0 fully saturated rings. The molecule has 5 heteroatoms. The summed E-state index contributed by atoms with van der Waals surface area (Å²) in [5.41, 5.74) is 4.10. The van der Waals surface area contributed by atoms with Gasteiger partial charge in [0.05, 0.1) is 10.2 Å². The minimum Gasteiger partial charge on any atom is -0.302 e. The number of aryl methyl sites for hydroxylation is 2. The number of carbonyl (C=O) groups excluding carboxylic acids is 1. The number of fused-ring (bicyclic) bond motifs is 2. The summed E-state index contributed by atoms with van der Waals surface area (Å²) in [6, 6.07) is 18.3. The van der Waals surface area contributed by atoms with E-state index in [2.05, 4.69) is 56.9 Å². The average molecular weight is 432 g/mol. The zero-order valence-electron chi connectivity index (χ0n) is 18.7. The van der Waals surface area contributed by atoms with Gasteiger partial charge in [-0.1, -0.05) is 67.6 Å². The number of thiazole rings is 1. The molecule has 0 saturated heterocycles. The molecular formula is C26H29N3OS. The van der Waals surface area contributed by atoms with Crippen LogP contribution in [0.2, 0.25) is 0 Å². The fraction of sp³-hybridized carbons (Fsp3) is 0.308. The quantitative estimate of drug-likeness (QED) is 0.357. The standard InChI is InChI=1S/C26H29N3OS/c1-5-28(6-2)14-15-29(26-27-23-17-18(3)16-19(4)24(23)31-26)25(30)22-13-9-11-20-10-7-8-12-21(20)22/h7-13,16-17H,5-6,14-15H2,1-4H3. The van der Waals surface area contributed by atoms with Crippen LogP contribution in [0.15, 0.2) is 54.6 Å². The van der Waals surface area contributed by atoms with E-state index >= 15 is 0 Å². The van der Waals surface area contributed by atoms with E-state index < -0.39 is 0 Å². The van der Waals surface area contributed by atoms with Gasteiger partial charge in [-0.05, 0) is 61.0 Å². The van der Waals surface area contributed by atoms with Crippen LogP contribution in [-0.2, 0) is 0 Å². The van der Waals surface area contributed by atoms with E-state index in [1.54, 1.807) is 11.3 Å². The number of amides is 1. The van der Waals surface area contributed by atoms with Crippen LogP contribution in [-0.4, -0.2) is 42.0 Å². The second-order valence-corrected chi connectivity index (χ2v) is 8.91. The van der Waals surface area contributed by atoms with E-state index in [4.69, 9.17) is 4.98 Å². The van der Waals surface area contributed by atoms with Gasteiger partial charge in [0, 0.05) is 18.7 Å². The molecule has 4 nitrogen and oxygen atoms in total. The van der Waals surface area contributed by atoms with Gasteiger partial charge in [0.25, 0.3) is 5.91 Å². The van der Waals surface area contributed by atoms with Gasteiger partial charge in [-0.2, -0.15) is 0 Å². The third-order valence-electron chi connectivity index (χ3n) is 5.84. The molecule has 0 bridgehead atoms. The first-order chi connectivity index (χ1) is 15.0. The third-order valence-corrected chi connectivity index (χ3v) is 7.07. The van der Waals surface area contributed by atoms with Gasteiger partial charge in [-0.25, -0.2) is 4.98 Å². The largest absolute Gasteiger partial charge is 0.302 e. The number of hydrogen-bond acceptors (Lipinski definition) is 4. The fourth-order valence-electron chi connectivity index (χ4n) is 4.10. The van der Waals surface area contributed by atoms with E-state index in [1.165, 1.54) is 11.1 Å². The molecule has 0 atom stereocenters. The molecule has 3 aromatic carbocycles. The second kappa shape index (κ2) is 9.16. The van der Waals surface area contributed by atoms with Crippen molar-refractivity contribution in [1.82, 2.24) is 9.88 Å². The molecule has 0 N–H and O–H groups in total. The Labute approximate surface area is 188 Å². The molecule has 0 aliphatic rings. The van der Waals surface area contributed by atoms with Gasteiger partial charge < -0.3 is 4.90 Å². The van der Waals surface area contributed by atoms with Crippen LogP contribution >= 0.6 is 11.3 Å². The maximum Gasteiger partial charge on any atom is 0.260 e. The van der Waals surface area contributed by atoms with E-state index in [0.717, 1.165) is 51.3 Å². The molecule has 0 spiro atoms. The van der Waals surface area contributed by atoms with Crippen molar-refractivity contribution in [3.05, 3.63) is 71.3 Å². The smallest absolute Gasteiger partial charge is 0.260 e. The Morgan fingerprint density at radius 2 is 1.71 bits per heavy atom. The second-order valence-electron chi connectivity index (χ2n) is 7.94. The third kappa shape index (κ3) is 4.34.